The molecule has 2 aromatic carbocycles. The molecule has 5 aromatic rings. The zero-order valence-electron chi connectivity index (χ0n) is 29.1. The normalized spacial score (nSPS) is 15.5. The van der Waals surface area contributed by atoms with E-state index in [2.05, 4.69) is 44.4 Å². The SMILES string of the molecule is COCCCn1cc(Nc2cccn3c(C#Cc4cc(C(=O)Nc5ccc(CN6CCN(C)C(C)C6)c(C(F)(F)F)c5)ccc4C)cnc23)cn1. The molecule has 1 aliphatic rings. The number of aryl methyl sites for hydroxylation is 2. The Morgan fingerprint density at radius 1 is 1.08 bits per heavy atom. The molecule has 1 fully saturated rings. The highest BCUT2D eigenvalue weighted by Gasteiger charge is 2.34. The van der Waals surface area contributed by atoms with E-state index in [-0.39, 0.29) is 29.4 Å². The number of alkyl halides is 3. The van der Waals surface area contributed by atoms with Crippen LogP contribution >= 0.6 is 0 Å². The summed E-state index contributed by atoms with van der Waals surface area (Å²) in [6, 6.07) is 13.1. The summed E-state index contributed by atoms with van der Waals surface area (Å²) in [5, 5.41) is 10.4. The van der Waals surface area contributed by atoms with Crippen molar-refractivity contribution in [3.8, 4) is 11.8 Å². The van der Waals surface area contributed by atoms with Crippen LogP contribution in [0.15, 0.2) is 73.3 Å². The third-order valence-electron chi connectivity index (χ3n) is 9.12. The summed E-state index contributed by atoms with van der Waals surface area (Å²) >= 11 is 0. The van der Waals surface area contributed by atoms with Crippen molar-refractivity contribution in [2.45, 2.75) is 45.6 Å². The van der Waals surface area contributed by atoms with Crippen LogP contribution in [0.4, 0.5) is 30.2 Å². The highest BCUT2D eigenvalue weighted by atomic mass is 19.4. The summed E-state index contributed by atoms with van der Waals surface area (Å²) in [7, 11) is 3.69. The number of halogens is 3. The number of likely N-dealkylation sites (N-methyl/N-ethyl adjacent to an activating group) is 1. The quantitative estimate of drug-likeness (QED) is 0.128. The van der Waals surface area contributed by atoms with E-state index in [0.29, 0.717) is 36.6 Å². The Morgan fingerprint density at radius 2 is 1.92 bits per heavy atom. The molecule has 0 aliphatic carbocycles. The Morgan fingerprint density at radius 3 is 2.71 bits per heavy atom. The molecular weight excluding hydrogens is 657 g/mol. The maximum absolute atomic E-state index is 14.2. The van der Waals surface area contributed by atoms with Gasteiger partial charge in [0, 0.05) is 81.7 Å². The molecule has 0 bridgehead atoms. The van der Waals surface area contributed by atoms with Gasteiger partial charge in [0.25, 0.3) is 5.91 Å². The van der Waals surface area contributed by atoms with E-state index >= 15 is 0 Å². The summed E-state index contributed by atoms with van der Waals surface area (Å²) in [6.45, 7) is 7.71. The zero-order valence-corrected chi connectivity index (χ0v) is 29.1. The molecular formula is C38H41F3N8O2. The maximum atomic E-state index is 14.2. The molecule has 1 unspecified atom stereocenters. The fourth-order valence-corrected chi connectivity index (χ4v) is 6.07. The number of pyridine rings is 1. The van der Waals surface area contributed by atoms with Crippen LogP contribution in [0.5, 0.6) is 0 Å². The molecule has 51 heavy (non-hydrogen) atoms. The van der Waals surface area contributed by atoms with Crippen LogP contribution < -0.4 is 10.6 Å². The summed E-state index contributed by atoms with van der Waals surface area (Å²) in [4.78, 5) is 22.1. The summed E-state index contributed by atoms with van der Waals surface area (Å²) in [5.74, 6) is 5.79. The van der Waals surface area contributed by atoms with Crippen LogP contribution in [0, 0.1) is 18.8 Å². The van der Waals surface area contributed by atoms with Crippen molar-refractivity contribution >= 4 is 28.6 Å². The topological polar surface area (TPSA) is 92.0 Å². The molecule has 1 aliphatic heterocycles. The third kappa shape index (κ3) is 8.60. The van der Waals surface area contributed by atoms with Crippen molar-refractivity contribution in [2.75, 3.05) is 51.0 Å². The first-order chi connectivity index (χ1) is 24.5. The minimum Gasteiger partial charge on any atom is -0.385 e. The highest BCUT2D eigenvalue weighted by Crippen LogP contribution is 2.35. The van der Waals surface area contributed by atoms with Crippen molar-refractivity contribution in [2.24, 2.45) is 0 Å². The number of nitrogens with one attached hydrogen (secondary N) is 2. The molecule has 3 aromatic heterocycles. The number of imidazole rings is 1. The van der Waals surface area contributed by atoms with Crippen molar-refractivity contribution in [3.05, 3.63) is 107 Å². The number of rotatable bonds is 10. The van der Waals surface area contributed by atoms with Gasteiger partial charge in [-0.3, -0.25) is 18.8 Å². The first-order valence-electron chi connectivity index (χ1n) is 16.8. The van der Waals surface area contributed by atoms with E-state index in [1.807, 2.05) is 52.5 Å². The summed E-state index contributed by atoms with van der Waals surface area (Å²) in [5.41, 5.74) is 4.18. The molecule has 1 amide bonds. The van der Waals surface area contributed by atoms with Gasteiger partial charge >= 0.3 is 6.18 Å². The number of anilines is 3. The predicted molar refractivity (Wildman–Crippen MR) is 191 cm³/mol. The predicted octanol–water partition coefficient (Wildman–Crippen LogP) is 6.43. The van der Waals surface area contributed by atoms with E-state index in [0.717, 1.165) is 42.5 Å². The largest absolute Gasteiger partial charge is 0.416 e. The second-order valence-corrected chi connectivity index (χ2v) is 12.9. The summed E-state index contributed by atoms with van der Waals surface area (Å²) < 4.78 is 51.4. The molecule has 0 saturated carbocycles. The van der Waals surface area contributed by atoms with Gasteiger partial charge < -0.3 is 20.3 Å². The molecule has 1 saturated heterocycles. The van der Waals surface area contributed by atoms with Gasteiger partial charge in [0.05, 0.1) is 29.3 Å². The number of piperazine rings is 1. The molecule has 266 valence electrons. The Hall–Kier alpha value is -5.16. The number of carbonyl (C=O) groups excluding carboxylic acids is 1. The number of hydrogen-bond donors (Lipinski definition) is 2. The number of nitrogens with zero attached hydrogens (tertiary/aromatic N) is 6. The van der Waals surface area contributed by atoms with Crippen molar-refractivity contribution in [1.82, 2.24) is 29.0 Å². The van der Waals surface area contributed by atoms with Gasteiger partial charge in [0.2, 0.25) is 0 Å². The van der Waals surface area contributed by atoms with Crippen molar-refractivity contribution < 1.29 is 22.7 Å². The first kappa shape index (κ1) is 35.7. The van der Waals surface area contributed by atoms with E-state index in [9.17, 15) is 18.0 Å². The van der Waals surface area contributed by atoms with Gasteiger partial charge in [-0.25, -0.2) is 4.98 Å². The minimum absolute atomic E-state index is 0.0737. The van der Waals surface area contributed by atoms with Crippen LogP contribution in [0.25, 0.3) is 5.65 Å². The number of hydrogen-bond acceptors (Lipinski definition) is 7. The second kappa shape index (κ2) is 15.4. The lowest BCUT2D eigenvalue weighted by Gasteiger charge is -2.38. The molecule has 6 rings (SSSR count). The molecule has 0 radical (unpaired) electrons. The zero-order chi connectivity index (χ0) is 36.1. The average Bonchev–Trinajstić information content (AvgIpc) is 3.73. The number of benzene rings is 2. The van der Waals surface area contributed by atoms with Crippen molar-refractivity contribution in [3.63, 3.8) is 0 Å². The van der Waals surface area contributed by atoms with Gasteiger partial charge in [0.15, 0.2) is 5.65 Å². The first-order valence-corrected chi connectivity index (χ1v) is 16.8. The fourth-order valence-electron chi connectivity index (χ4n) is 6.07. The lowest BCUT2D eigenvalue weighted by atomic mass is 10.0. The van der Waals surface area contributed by atoms with Crippen LogP contribution in [0.2, 0.25) is 0 Å². The number of fused-ring (bicyclic) bond motifs is 1. The number of amides is 1. The molecule has 10 nitrogen and oxygen atoms in total. The standard InChI is InChI=1S/C38H41F3N8O2/c1-26-8-9-29(37(50)45-31-12-10-30(34(20-31)38(39,40)41)24-47-17-16-46(3)27(2)23-47)19-28(26)11-13-33-22-42-36-35(7-5-15-49(33)36)44-32-21-43-48(25-32)14-6-18-51-4/h5,7-10,12,15,19-22,25,27,44H,6,14,16-18,23-24H2,1-4H3,(H,45,50). The minimum atomic E-state index is -4.57. The number of methoxy groups -OCH3 is 1. The molecule has 1 atom stereocenters. The highest BCUT2D eigenvalue weighted by molar-refractivity contribution is 6.04. The number of aromatic nitrogens is 4. The van der Waals surface area contributed by atoms with Crippen LogP contribution in [-0.2, 0) is 24.0 Å². The molecule has 2 N–H and O–H groups in total. The smallest absolute Gasteiger partial charge is 0.385 e. The van der Waals surface area contributed by atoms with E-state index in [4.69, 9.17) is 4.74 Å². The number of carbonyl (C=O) groups is 1. The van der Waals surface area contributed by atoms with Crippen LogP contribution in [-0.4, -0.2) is 81.3 Å². The Bertz CT molecular complexity index is 2080. The molecule has 13 heteroatoms. The van der Waals surface area contributed by atoms with Gasteiger partial charge in [-0.2, -0.15) is 18.3 Å². The van der Waals surface area contributed by atoms with Gasteiger partial charge in [-0.05, 0) is 80.8 Å². The van der Waals surface area contributed by atoms with E-state index < -0.39 is 17.6 Å². The second-order valence-electron chi connectivity index (χ2n) is 12.9. The van der Waals surface area contributed by atoms with Crippen LogP contribution in [0.1, 0.15) is 51.7 Å². The molecule has 0 spiro atoms. The van der Waals surface area contributed by atoms with Crippen molar-refractivity contribution in [1.29, 1.82) is 0 Å². The number of ether oxygens (including phenoxy) is 1. The van der Waals surface area contributed by atoms with Gasteiger partial charge in [-0.15, -0.1) is 0 Å². The Kier molecular flexibility index (Phi) is 10.8. The fraction of sp³-hybridized carbons (Fsp3) is 0.342. The Labute approximate surface area is 295 Å². The monoisotopic (exact) mass is 698 g/mol. The summed E-state index contributed by atoms with van der Waals surface area (Å²) in [6.07, 6.45) is 3.52. The lowest BCUT2D eigenvalue weighted by molar-refractivity contribution is -0.138. The molecule has 4 heterocycles. The maximum Gasteiger partial charge on any atom is 0.416 e. The van der Waals surface area contributed by atoms with Gasteiger partial charge in [0.1, 0.15) is 5.69 Å². The Balaban J connectivity index is 1.17. The van der Waals surface area contributed by atoms with Gasteiger partial charge in [-0.1, -0.05) is 18.1 Å². The van der Waals surface area contributed by atoms with E-state index in [1.165, 1.54) is 12.1 Å². The third-order valence-corrected chi connectivity index (χ3v) is 9.12. The lowest BCUT2D eigenvalue weighted by Crippen LogP contribution is -2.49. The average molecular weight is 699 g/mol. The van der Waals surface area contributed by atoms with E-state index in [1.54, 1.807) is 37.7 Å². The van der Waals surface area contributed by atoms with Crippen LogP contribution in [0.3, 0.4) is 0 Å².